The summed E-state index contributed by atoms with van der Waals surface area (Å²) >= 11 is 0. The minimum Gasteiger partial charge on any atom is -0.471 e. The average Bonchev–Trinajstić information content (AvgIpc) is 3.31. The molecule has 0 unspecified atom stereocenters. The van der Waals surface area contributed by atoms with E-state index in [9.17, 15) is 18.0 Å². The number of hydrogen-bond donors (Lipinski definition) is 1. The molecule has 10 heteroatoms. The van der Waals surface area contributed by atoms with E-state index in [1.165, 1.54) is 19.2 Å². The minimum absolute atomic E-state index is 0.123. The molecular weight excluding hydrogens is 463 g/mol. The van der Waals surface area contributed by atoms with E-state index < -0.39 is 12.3 Å². The number of methoxy groups -OCH3 is 1. The topological polar surface area (TPSA) is 96.4 Å². The fourth-order valence-electron chi connectivity index (χ4n) is 2.74. The van der Waals surface area contributed by atoms with Gasteiger partial charge in [0.15, 0.2) is 5.69 Å². The summed E-state index contributed by atoms with van der Waals surface area (Å²) in [4.78, 5) is 20.4. The zero-order valence-electron chi connectivity index (χ0n) is 20.7. The van der Waals surface area contributed by atoms with Crippen LogP contribution in [-0.4, -0.2) is 35.6 Å². The molecule has 35 heavy (non-hydrogen) atoms. The largest absolute Gasteiger partial charge is 0.573 e. The van der Waals surface area contributed by atoms with Crippen LogP contribution in [0, 0.1) is 0 Å². The SMILES string of the molecule is CC.CC.CCc1cc(C(N)=O)nn1-c1cccc(-c2ccccc2OC(F)(F)F)c1.COC=O. The van der Waals surface area contributed by atoms with Crippen molar-refractivity contribution in [3.8, 4) is 22.6 Å². The van der Waals surface area contributed by atoms with Crippen LogP contribution in [0.5, 0.6) is 5.75 Å². The summed E-state index contributed by atoms with van der Waals surface area (Å²) in [7, 11) is 1.31. The van der Waals surface area contributed by atoms with Gasteiger partial charge in [0, 0.05) is 11.3 Å². The van der Waals surface area contributed by atoms with Gasteiger partial charge in [0.2, 0.25) is 0 Å². The Balaban J connectivity index is 0.00000129. The molecule has 2 N–H and O–H groups in total. The van der Waals surface area contributed by atoms with Crippen LogP contribution in [0.15, 0.2) is 54.6 Å². The van der Waals surface area contributed by atoms with Crippen LogP contribution in [0.2, 0.25) is 0 Å². The van der Waals surface area contributed by atoms with E-state index in [0.29, 0.717) is 24.1 Å². The summed E-state index contributed by atoms with van der Waals surface area (Å²) in [6.07, 6.45) is -4.19. The maximum Gasteiger partial charge on any atom is 0.573 e. The summed E-state index contributed by atoms with van der Waals surface area (Å²) in [5.74, 6) is -0.945. The number of amides is 1. The van der Waals surface area contributed by atoms with Gasteiger partial charge >= 0.3 is 6.36 Å². The predicted octanol–water partition coefficient (Wildman–Crippen LogP) is 5.94. The number of halogens is 3. The molecule has 0 radical (unpaired) electrons. The van der Waals surface area contributed by atoms with Crippen molar-refractivity contribution in [2.24, 2.45) is 5.73 Å². The van der Waals surface area contributed by atoms with E-state index in [0.717, 1.165) is 5.69 Å². The number of ether oxygens (including phenoxy) is 2. The van der Waals surface area contributed by atoms with Crippen molar-refractivity contribution < 1.29 is 32.2 Å². The second kappa shape index (κ2) is 15.9. The molecule has 0 aliphatic rings. The summed E-state index contributed by atoms with van der Waals surface area (Å²) in [5.41, 5.74) is 7.57. The van der Waals surface area contributed by atoms with Crippen molar-refractivity contribution in [1.82, 2.24) is 9.78 Å². The van der Waals surface area contributed by atoms with Crippen molar-refractivity contribution in [3.63, 3.8) is 0 Å². The molecule has 7 nitrogen and oxygen atoms in total. The van der Waals surface area contributed by atoms with E-state index in [1.54, 1.807) is 47.1 Å². The van der Waals surface area contributed by atoms with E-state index in [-0.39, 0.29) is 17.0 Å². The fraction of sp³-hybridized carbons (Fsp3) is 0.320. The molecule has 0 aliphatic heterocycles. The Hall–Kier alpha value is -3.82. The van der Waals surface area contributed by atoms with Crippen LogP contribution < -0.4 is 10.5 Å². The van der Waals surface area contributed by atoms with E-state index in [1.807, 2.05) is 34.6 Å². The Labute approximate surface area is 203 Å². The number of aromatic nitrogens is 2. The van der Waals surface area contributed by atoms with Gasteiger partial charge in [0.1, 0.15) is 5.75 Å². The summed E-state index contributed by atoms with van der Waals surface area (Å²) in [6.45, 7) is 10.3. The van der Waals surface area contributed by atoms with Gasteiger partial charge in [-0.05, 0) is 36.2 Å². The molecule has 0 saturated heterocycles. The highest BCUT2D eigenvalue weighted by atomic mass is 19.4. The number of para-hydroxylation sites is 1. The van der Waals surface area contributed by atoms with Crippen molar-refractivity contribution in [2.45, 2.75) is 47.4 Å². The van der Waals surface area contributed by atoms with Gasteiger partial charge in [-0.3, -0.25) is 9.59 Å². The van der Waals surface area contributed by atoms with Crippen LogP contribution in [-0.2, 0) is 16.0 Å². The van der Waals surface area contributed by atoms with E-state index in [2.05, 4.69) is 14.6 Å². The first-order valence-corrected chi connectivity index (χ1v) is 11.0. The maximum atomic E-state index is 12.7. The molecule has 0 atom stereocenters. The molecule has 192 valence electrons. The standard InChI is InChI=1S/C19H16F3N3O2.C2H4O2.2C2H6/c1-2-13-11-16(18(23)26)24-25(13)14-7-5-6-12(10-14)15-8-3-4-9-17(15)27-19(20,21)22;1-4-2-3;2*1-2/h3-11H,2H2,1H3,(H2,23,26);2H,1H3;2*1-2H3. The van der Waals surface area contributed by atoms with Crippen molar-refractivity contribution >= 4 is 12.4 Å². The maximum absolute atomic E-state index is 12.7. The minimum atomic E-state index is -4.79. The van der Waals surface area contributed by atoms with E-state index in [4.69, 9.17) is 10.5 Å². The molecule has 1 amide bonds. The second-order valence-corrected chi connectivity index (χ2v) is 6.08. The summed E-state index contributed by atoms with van der Waals surface area (Å²) in [5, 5.41) is 4.20. The molecule has 0 saturated carbocycles. The first-order chi connectivity index (χ1) is 16.7. The summed E-state index contributed by atoms with van der Waals surface area (Å²) in [6, 6.07) is 14.3. The molecule has 0 spiro atoms. The fourth-order valence-corrected chi connectivity index (χ4v) is 2.74. The molecule has 2 aromatic carbocycles. The van der Waals surface area contributed by atoms with Gasteiger partial charge in [0.25, 0.3) is 12.4 Å². The second-order valence-electron chi connectivity index (χ2n) is 6.08. The van der Waals surface area contributed by atoms with Gasteiger partial charge < -0.3 is 15.2 Å². The Morgan fingerprint density at radius 1 is 1.06 bits per heavy atom. The van der Waals surface area contributed by atoms with Gasteiger partial charge in [-0.15, -0.1) is 13.2 Å². The molecule has 0 aliphatic carbocycles. The van der Waals surface area contributed by atoms with Gasteiger partial charge in [-0.25, -0.2) is 4.68 Å². The monoisotopic (exact) mass is 495 g/mol. The van der Waals surface area contributed by atoms with Crippen LogP contribution in [0.25, 0.3) is 16.8 Å². The Morgan fingerprint density at radius 2 is 1.66 bits per heavy atom. The number of benzene rings is 2. The first kappa shape index (κ1) is 31.2. The smallest absolute Gasteiger partial charge is 0.471 e. The number of nitrogens with zero attached hydrogens (tertiary/aromatic N) is 2. The highest BCUT2D eigenvalue weighted by molar-refractivity contribution is 5.91. The number of nitrogens with two attached hydrogens (primary N) is 1. The number of aryl methyl sites for hydroxylation is 1. The highest BCUT2D eigenvalue weighted by Gasteiger charge is 2.32. The molecule has 1 aromatic heterocycles. The van der Waals surface area contributed by atoms with Crippen molar-refractivity contribution in [2.75, 3.05) is 7.11 Å². The third-order valence-electron chi connectivity index (χ3n) is 4.01. The highest BCUT2D eigenvalue weighted by Crippen LogP contribution is 2.34. The zero-order valence-corrected chi connectivity index (χ0v) is 20.7. The van der Waals surface area contributed by atoms with Crippen molar-refractivity contribution in [3.05, 3.63) is 66.0 Å². The van der Waals surface area contributed by atoms with Crippen molar-refractivity contribution in [1.29, 1.82) is 0 Å². The third kappa shape index (κ3) is 9.91. The predicted molar refractivity (Wildman–Crippen MR) is 129 cm³/mol. The zero-order chi connectivity index (χ0) is 27.0. The van der Waals surface area contributed by atoms with Gasteiger partial charge in [-0.1, -0.05) is 65.0 Å². The number of hydrogen-bond acceptors (Lipinski definition) is 5. The molecule has 1 heterocycles. The lowest BCUT2D eigenvalue weighted by Crippen LogP contribution is -2.17. The number of primary amides is 1. The van der Waals surface area contributed by atoms with Crippen LogP contribution in [0.4, 0.5) is 13.2 Å². The normalized spacial score (nSPS) is 9.74. The van der Waals surface area contributed by atoms with Gasteiger partial charge in [-0.2, -0.15) is 5.10 Å². The number of carbonyl (C=O) groups excluding carboxylic acids is 2. The number of alkyl halides is 3. The Bertz CT molecular complexity index is 1050. The molecule has 0 fully saturated rings. The third-order valence-corrected chi connectivity index (χ3v) is 4.01. The Morgan fingerprint density at radius 3 is 2.17 bits per heavy atom. The molecule has 3 aromatic rings. The molecule has 3 rings (SSSR count). The van der Waals surface area contributed by atoms with E-state index >= 15 is 0 Å². The lowest BCUT2D eigenvalue weighted by molar-refractivity contribution is -0.274. The molecule has 0 bridgehead atoms. The Kier molecular flexibility index (Phi) is 14.2. The first-order valence-electron chi connectivity index (χ1n) is 11.0. The quantitative estimate of drug-likeness (QED) is 0.427. The summed E-state index contributed by atoms with van der Waals surface area (Å²) < 4.78 is 47.6. The number of rotatable bonds is 6. The van der Waals surface area contributed by atoms with Crippen LogP contribution >= 0.6 is 0 Å². The number of carbonyl (C=O) groups is 2. The lowest BCUT2D eigenvalue weighted by atomic mass is 10.0. The molecular formula is C25H32F3N3O4. The van der Waals surface area contributed by atoms with Crippen LogP contribution in [0.1, 0.15) is 50.8 Å². The van der Waals surface area contributed by atoms with Gasteiger partial charge in [0.05, 0.1) is 12.8 Å². The van der Waals surface area contributed by atoms with Crippen LogP contribution in [0.3, 0.4) is 0 Å². The average molecular weight is 496 g/mol. The lowest BCUT2D eigenvalue weighted by Gasteiger charge is -2.14.